The smallest absolute Gasteiger partial charge is 0.131 e. The van der Waals surface area contributed by atoms with Crippen LogP contribution in [0.4, 0.5) is 0 Å². The van der Waals surface area contributed by atoms with Crippen LogP contribution in [-0.4, -0.2) is 23.4 Å². The van der Waals surface area contributed by atoms with Gasteiger partial charge in [0.15, 0.2) is 0 Å². The Morgan fingerprint density at radius 2 is 0.942 bits per heavy atom. The standard InChI is InChI=1S/C48H48O4/c1-4-15-34-26-28-45(43(30-34)41-24-13-22-39(47(41)49)37-18-9-7-10-19-37)51-32-36(17-6-3)33-52-46-29-27-35(16-5-2)31-44(46)42-25-14-23-40(48(42)50)38-20-11-8-12-21-38/h6-14,18-31,36,49-50H,3-5,15-17,32-33H2,1-2H3. The molecule has 0 bridgehead atoms. The fraction of sp³-hybridized carbons (Fsp3) is 0.208. The van der Waals surface area contributed by atoms with Gasteiger partial charge in [-0.15, -0.1) is 6.58 Å². The van der Waals surface area contributed by atoms with Crippen molar-refractivity contribution in [2.45, 2.75) is 46.0 Å². The molecule has 2 N–H and O–H groups in total. The summed E-state index contributed by atoms with van der Waals surface area (Å²) in [7, 11) is 0. The minimum absolute atomic E-state index is 0.00247. The number of aromatic hydroxyl groups is 2. The molecule has 4 nitrogen and oxygen atoms in total. The molecule has 0 unspecified atom stereocenters. The first-order valence-electron chi connectivity index (χ1n) is 18.4. The van der Waals surface area contributed by atoms with E-state index in [4.69, 9.17) is 9.47 Å². The van der Waals surface area contributed by atoms with E-state index in [1.54, 1.807) is 0 Å². The zero-order valence-electron chi connectivity index (χ0n) is 30.2. The van der Waals surface area contributed by atoms with Gasteiger partial charge in [-0.25, -0.2) is 0 Å². The second-order valence-corrected chi connectivity index (χ2v) is 13.3. The normalized spacial score (nSPS) is 11.1. The van der Waals surface area contributed by atoms with Crippen molar-refractivity contribution in [3.05, 3.63) is 157 Å². The molecule has 6 aromatic rings. The topological polar surface area (TPSA) is 58.9 Å². The van der Waals surface area contributed by atoms with Crippen LogP contribution in [0.5, 0.6) is 23.0 Å². The highest BCUT2D eigenvalue weighted by molar-refractivity contribution is 5.86. The molecule has 0 atom stereocenters. The first-order chi connectivity index (χ1) is 25.5. The molecular weight excluding hydrogens is 641 g/mol. The molecule has 0 saturated carbocycles. The highest BCUT2D eigenvalue weighted by Gasteiger charge is 2.20. The molecule has 0 aliphatic heterocycles. The average molecular weight is 689 g/mol. The SMILES string of the molecule is C=CCC(COc1ccc(CCC)cc1-c1cccc(-c2ccccc2)c1O)COc1ccc(CCC)cc1-c1cccc(-c2ccccc2)c1O. The molecule has 0 saturated heterocycles. The maximum absolute atomic E-state index is 11.6. The Labute approximate surface area is 308 Å². The van der Waals surface area contributed by atoms with Gasteiger partial charge in [0, 0.05) is 39.3 Å². The Balaban J connectivity index is 1.27. The number of phenolic OH excluding ortho intramolecular Hbond substituents is 2. The van der Waals surface area contributed by atoms with Crippen LogP contribution in [0.3, 0.4) is 0 Å². The lowest BCUT2D eigenvalue weighted by Gasteiger charge is -2.21. The predicted octanol–water partition coefficient (Wildman–Crippen LogP) is 12.3. The molecule has 264 valence electrons. The van der Waals surface area contributed by atoms with Gasteiger partial charge in [0.05, 0.1) is 13.2 Å². The van der Waals surface area contributed by atoms with E-state index in [-0.39, 0.29) is 17.4 Å². The Morgan fingerprint density at radius 1 is 0.519 bits per heavy atom. The van der Waals surface area contributed by atoms with E-state index in [9.17, 15) is 10.2 Å². The molecule has 6 aromatic carbocycles. The van der Waals surface area contributed by atoms with Crippen LogP contribution >= 0.6 is 0 Å². The molecule has 0 heterocycles. The highest BCUT2D eigenvalue weighted by atomic mass is 16.5. The lowest BCUT2D eigenvalue weighted by atomic mass is 9.95. The zero-order valence-corrected chi connectivity index (χ0v) is 30.2. The molecule has 0 aliphatic rings. The summed E-state index contributed by atoms with van der Waals surface area (Å²) in [6, 6.07) is 44.2. The third-order valence-electron chi connectivity index (χ3n) is 9.44. The Bertz CT molecular complexity index is 1940. The summed E-state index contributed by atoms with van der Waals surface area (Å²) in [4.78, 5) is 0. The first-order valence-corrected chi connectivity index (χ1v) is 18.4. The van der Waals surface area contributed by atoms with Gasteiger partial charge in [0.2, 0.25) is 0 Å². The van der Waals surface area contributed by atoms with E-state index in [0.29, 0.717) is 31.1 Å². The van der Waals surface area contributed by atoms with E-state index in [1.807, 2.05) is 115 Å². The Morgan fingerprint density at radius 3 is 1.35 bits per heavy atom. The minimum atomic E-state index is -0.00247. The van der Waals surface area contributed by atoms with E-state index in [1.165, 1.54) is 11.1 Å². The van der Waals surface area contributed by atoms with Crippen molar-refractivity contribution in [2.24, 2.45) is 5.92 Å². The van der Waals surface area contributed by atoms with Gasteiger partial charge in [-0.3, -0.25) is 0 Å². The van der Waals surface area contributed by atoms with Crippen LogP contribution in [-0.2, 0) is 12.8 Å². The zero-order chi connectivity index (χ0) is 36.3. The molecular formula is C48H48O4. The van der Waals surface area contributed by atoms with E-state index >= 15 is 0 Å². The van der Waals surface area contributed by atoms with Crippen molar-refractivity contribution in [2.75, 3.05) is 13.2 Å². The maximum Gasteiger partial charge on any atom is 0.131 e. The summed E-state index contributed by atoms with van der Waals surface area (Å²) >= 11 is 0. The number of benzene rings is 6. The van der Waals surface area contributed by atoms with Crippen LogP contribution in [0.1, 0.15) is 44.2 Å². The van der Waals surface area contributed by atoms with Gasteiger partial charge in [0.25, 0.3) is 0 Å². The Hall–Kier alpha value is -5.74. The number of ether oxygens (including phenoxy) is 2. The monoisotopic (exact) mass is 688 g/mol. The van der Waals surface area contributed by atoms with E-state index in [0.717, 1.165) is 70.2 Å². The fourth-order valence-electron chi connectivity index (χ4n) is 6.77. The quantitative estimate of drug-likeness (QED) is 0.0994. The molecule has 52 heavy (non-hydrogen) atoms. The summed E-state index contributed by atoms with van der Waals surface area (Å²) in [5.41, 5.74) is 9.06. The van der Waals surface area contributed by atoms with Gasteiger partial charge in [-0.2, -0.15) is 0 Å². The van der Waals surface area contributed by atoms with Crippen LogP contribution in [0, 0.1) is 5.92 Å². The fourth-order valence-corrected chi connectivity index (χ4v) is 6.77. The predicted molar refractivity (Wildman–Crippen MR) is 215 cm³/mol. The summed E-state index contributed by atoms with van der Waals surface area (Å²) < 4.78 is 13.2. The van der Waals surface area contributed by atoms with Crippen LogP contribution < -0.4 is 9.47 Å². The Kier molecular flexibility index (Phi) is 12.1. The third kappa shape index (κ3) is 8.41. The molecule has 0 fully saturated rings. The molecule has 0 amide bonds. The first kappa shape index (κ1) is 36.1. The van der Waals surface area contributed by atoms with Crippen LogP contribution in [0.25, 0.3) is 44.5 Å². The van der Waals surface area contributed by atoms with Gasteiger partial charge in [0.1, 0.15) is 23.0 Å². The summed E-state index contributed by atoms with van der Waals surface area (Å²) in [6.07, 6.45) is 6.49. The summed E-state index contributed by atoms with van der Waals surface area (Å²) in [5.74, 6) is 1.88. The summed E-state index contributed by atoms with van der Waals surface area (Å²) in [5, 5.41) is 23.2. The molecule has 4 heteroatoms. The summed E-state index contributed by atoms with van der Waals surface area (Å²) in [6.45, 7) is 9.15. The van der Waals surface area contributed by atoms with Crippen LogP contribution in [0.2, 0.25) is 0 Å². The van der Waals surface area contributed by atoms with Crippen molar-refractivity contribution in [3.8, 4) is 67.5 Å². The lowest BCUT2D eigenvalue weighted by Crippen LogP contribution is -2.20. The van der Waals surface area contributed by atoms with Gasteiger partial charge in [-0.05, 0) is 65.8 Å². The molecule has 0 radical (unpaired) electrons. The van der Waals surface area contributed by atoms with Gasteiger partial charge < -0.3 is 19.7 Å². The lowest BCUT2D eigenvalue weighted by molar-refractivity contribution is 0.179. The number of para-hydroxylation sites is 2. The number of phenols is 2. The van der Waals surface area contributed by atoms with E-state index < -0.39 is 0 Å². The average Bonchev–Trinajstić information content (AvgIpc) is 3.18. The van der Waals surface area contributed by atoms with Gasteiger partial charge in [-0.1, -0.05) is 142 Å². The number of rotatable bonds is 16. The van der Waals surface area contributed by atoms with Gasteiger partial charge >= 0.3 is 0 Å². The number of hydrogen-bond donors (Lipinski definition) is 2. The largest absolute Gasteiger partial charge is 0.507 e. The number of hydrogen-bond acceptors (Lipinski definition) is 4. The van der Waals surface area contributed by atoms with Crippen molar-refractivity contribution in [1.29, 1.82) is 0 Å². The molecule has 0 aliphatic carbocycles. The van der Waals surface area contributed by atoms with Crippen molar-refractivity contribution >= 4 is 0 Å². The third-order valence-corrected chi connectivity index (χ3v) is 9.44. The van der Waals surface area contributed by atoms with Crippen molar-refractivity contribution < 1.29 is 19.7 Å². The second-order valence-electron chi connectivity index (χ2n) is 13.3. The number of allylic oxidation sites excluding steroid dienone is 1. The minimum Gasteiger partial charge on any atom is -0.507 e. The molecule has 6 rings (SSSR count). The van der Waals surface area contributed by atoms with Crippen LogP contribution in [0.15, 0.2) is 146 Å². The highest BCUT2D eigenvalue weighted by Crippen LogP contribution is 2.44. The van der Waals surface area contributed by atoms with Crippen molar-refractivity contribution in [3.63, 3.8) is 0 Å². The maximum atomic E-state index is 11.6. The molecule has 0 spiro atoms. The second kappa shape index (κ2) is 17.5. The van der Waals surface area contributed by atoms with Crippen molar-refractivity contribution in [1.82, 2.24) is 0 Å². The number of aryl methyl sites for hydroxylation is 2. The molecule has 0 aromatic heterocycles. The van der Waals surface area contributed by atoms with E-state index in [2.05, 4.69) is 44.7 Å².